The number of ether oxygens (including phenoxy) is 1. The van der Waals surface area contributed by atoms with Crippen LogP contribution in [0.1, 0.15) is 15.9 Å². The van der Waals surface area contributed by atoms with Crippen LogP contribution in [0.15, 0.2) is 54.6 Å². The second-order valence-corrected chi connectivity index (χ2v) is 7.20. The lowest BCUT2D eigenvalue weighted by Crippen LogP contribution is -2.46. The van der Waals surface area contributed by atoms with Gasteiger partial charge in [-0.2, -0.15) is 0 Å². The molecule has 1 aliphatic heterocycles. The van der Waals surface area contributed by atoms with Crippen LogP contribution in [-0.2, 0) is 11.3 Å². The van der Waals surface area contributed by atoms with Gasteiger partial charge in [-0.05, 0) is 41.1 Å². The fourth-order valence-electron chi connectivity index (χ4n) is 3.88. The van der Waals surface area contributed by atoms with Crippen LogP contribution in [0.4, 0.5) is 10.1 Å². The monoisotopic (exact) mass is 394 g/mol. The number of methoxy groups -OCH3 is 1. The van der Waals surface area contributed by atoms with Crippen molar-refractivity contribution in [3.05, 3.63) is 71.5 Å². The zero-order chi connectivity index (χ0) is 20.4. The lowest BCUT2D eigenvalue weighted by Gasteiger charge is -2.36. The first-order chi connectivity index (χ1) is 14.1. The third kappa shape index (κ3) is 3.89. The lowest BCUT2D eigenvalue weighted by atomic mass is 9.98. The number of carbonyl (C=O) groups is 1. The van der Waals surface area contributed by atoms with Crippen molar-refractivity contribution in [3.8, 4) is 5.75 Å². The minimum atomic E-state index is -0.546. The molecule has 0 aromatic heterocycles. The smallest absolute Gasteiger partial charge is 0.341 e. The highest BCUT2D eigenvalue weighted by atomic mass is 19.1. The number of carbonyl (C=O) groups excluding carboxylic acids is 1. The molecule has 0 amide bonds. The number of halogens is 1. The molecule has 3 aromatic carbocycles. The van der Waals surface area contributed by atoms with Crippen LogP contribution in [0.5, 0.6) is 5.75 Å². The van der Waals surface area contributed by atoms with Gasteiger partial charge >= 0.3 is 5.97 Å². The van der Waals surface area contributed by atoms with Crippen LogP contribution in [-0.4, -0.2) is 49.3 Å². The molecule has 0 radical (unpaired) electrons. The summed E-state index contributed by atoms with van der Waals surface area (Å²) in [6, 6.07) is 15.9. The van der Waals surface area contributed by atoms with Gasteiger partial charge in [0.25, 0.3) is 0 Å². The molecule has 0 bridgehead atoms. The summed E-state index contributed by atoms with van der Waals surface area (Å²) in [4.78, 5) is 16.6. The number of hydrogen-bond acceptors (Lipinski definition) is 5. The Kier molecular flexibility index (Phi) is 5.36. The fraction of sp³-hybridized carbons (Fsp3) is 0.261. The molecule has 3 aromatic rings. The molecule has 6 heteroatoms. The van der Waals surface area contributed by atoms with Crippen LogP contribution in [0.3, 0.4) is 0 Å². The SMILES string of the molecule is COC(=O)c1cc2ccccc2c(CN2CCN(c3ccc(F)cc3)CC2)c1O. The van der Waals surface area contributed by atoms with Crippen LogP contribution in [0, 0.1) is 5.82 Å². The van der Waals surface area contributed by atoms with Crippen molar-refractivity contribution >= 4 is 22.4 Å². The summed E-state index contributed by atoms with van der Waals surface area (Å²) in [5, 5.41) is 12.6. The first-order valence-electron chi connectivity index (χ1n) is 9.61. The number of piperazine rings is 1. The van der Waals surface area contributed by atoms with E-state index in [1.807, 2.05) is 24.3 Å². The predicted molar refractivity (Wildman–Crippen MR) is 111 cm³/mol. The maximum Gasteiger partial charge on any atom is 0.341 e. The molecule has 1 N–H and O–H groups in total. The summed E-state index contributed by atoms with van der Waals surface area (Å²) in [5.41, 5.74) is 1.93. The molecule has 5 nitrogen and oxygen atoms in total. The Hall–Kier alpha value is -3.12. The molecule has 1 aliphatic rings. The first kappa shape index (κ1) is 19.2. The van der Waals surface area contributed by atoms with E-state index >= 15 is 0 Å². The Bertz CT molecular complexity index is 1030. The molecule has 4 rings (SSSR count). The molecule has 150 valence electrons. The number of esters is 1. The number of anilines is 1. The normalized spacial score (nSPS) is 14.9. The first-order valence-corrected chi connectivity index (χ1v) is 9.61. The summed E-state index contributed by atoms with van der Waals surface area (Å²) >= 11 is 0. The van der Waals surface area contributed by atoms with Gasteiger partial charge in [0.2, 0.25) is 0 Å². The topological polar surface area (TPSA) is 53.0 Å². The van der Waals surface area contributed by atoms with Gasteiger partial charge in [-0.1, -0.05) is 24.3 Å². The summed E-state index contributed by atoms with van der Waals surface area (Å²) in [6.45, 7) is 3.75. The van der Waals surface area contributed by atoms with E-state index in [4.69, 9.17) is 4.74 Å². The predicted octanol–water partition coefficient (Wildman–Crippen LogP) is 3.79. The van der Waals surface area contributed by atoms with Crippen LogP contribution in [0.25, 0.3) is 10.8 Å². The minimum Gasteiger partial charge on any atom is -0.507 e. The van der Waals surface area contributed by atoms with Gasteiger partial charge in [-0.3, -0.25) is 4.90 Å². The molecule has 0 atom stereocenters. The number of benzene rings is 3. The summed E-state index contributed by atoms with van der Waals surface area (Å²) in [7, 11) is 1.31. The number of fused-ring (bicyclic) bond motifs is 1. The van der Waals surface area contributed by atoms with Crippen molar-refractivity contribution in [2.45, 2.75) is 6.54 Å². The Morgan fingerprint density at radius 1 is 1.07 bits per heavy atom. The largest absolute Gasteiger partial charge is 0.507 e. The Morgan fingerprint density at radius 2 is 1.76 bits per heavy atom. The molecular formula is C23H23FN2O3. The number of hydrogen-bond donors (Lipinski definition) is 1. The number of phenolic OH excluding ortho intramolecular Hbond substituents is 1. The van der Waals surface area contributed by atoms with Gasteiger partial charge in [0.1, 0.15) is 17.1 Å². The van der Waals surface area contributed by atoms with Crippen molar-refractivity contribution in [3.63, 3.8) is 0 Å². The average molecular weight is 394 g/mol. The maximum absolute atomic E-state index is 13.2. The van der Waals surface area contributed by atoms with E-state index in [1.165, 1.54) is 19.2 Å². The van der Waals surface area contributed by atoms with E-state index in [9.17, 15) is 14.3 Å². The maximum atomic E-state index is 13.2. The van der Waals surface area contributed by atoms with Crippen LogP contribution in [0.2, 0.25) is 0 Å². The van der Waals surface area contributed by atoms with Gasteiger partial charge in [0, 0.05) is 44.0 Å². The number of nitrogens with zero attached hydrogens (tertiary/aromatic N) is 2. The Balaban J connectivity index is 1.56. The van der Waals surface area contributed by atoms with Crippen molar-refractivity contribution in [2.75, 3.05) is 38.2 Å². The quantitative estimate of drug-likeness (QED) is 0.683. The number of aromatic hydroxyl groups is 1. The average Bonchev–Trinajstić information content (AvgIpc) is 2.76. The molecule has 29 heavy (non-hydrogen) atoms. The van der Waals surface area contributed by atoms with Gasteiger partial charge in [-0.15, -0.1) is 0 Å². The van der Waals surface area contributed by atoms with Crippen LogP contribution < -0.4 is 4.90 Å². The van der Waals surface area contributed by atoms with Crippen LogP contribution >= 0.6 is 0 Å². The summed E-state index contributed by atoms with van der Waals surface area (Å²) < 4.78 is 18.0. The van der Waals surface area contributed by atoms with E-state index in [0.717, 1.165) is 48.2 Å². The second-order valence-electron chi connectivity index (χ2n) is 7.20. The van der Waals surface area contributed by atoms with E-state index in [-0.39, 0.29) is 17.1 Å². The third-order valence-corrected chi connectivity index (χ3v) is 5.48. The molecule has 1 fully saturated rings. The standard InChI is InChI=1S/C23H23FN2O3/c1-29-23(28)20-14-16-4-2-3-5-19(16)21(22(20)27)15-25-10-12-26(13-11-25)18-8-6-17(24)7-9-18/h2-9,14,27H,10-13,15H2,1H3. The fourth-order valence-corrected chi connectivity index (χ4v) is 3.88. The van der Waals surface area contributed by atoms with Crippen molar-refractivity contribution in [2.24, 2.45) is 0 Å². The lowest BCUT2D eigenvalue weighted by molar-refractivity contribution is 0.0597. The van der Waals surface area contributed by atoms with E-state index < -0.39 is 5.97 Å². The Labute approximate surface area is 168 Å². The van der Waals surface area contributed by atoms with Crippen molar-refractivity contribution in [1.82, 2.24) is 4.90 Å². The summed E-state index contributed by atoms with van der Waals surface area (Å²) in [6.07, 6.45) is 0. The molecule has 1 heterocycles. The number of phenols is 1. The molecular weight excluding hydrogens is 371 g/mol. The van der Waals surface area contributed by atoms with Crippen molar-refractivity contribution < 1.29 is 19.0 Å². The van der Waals surface area contributed by atoms with Crippen molar-refractivity contribution in [1.29, 1.82) is 0 Å². The zero-order valence-electron chi connectivity index (χ0n) is 16.3. The zero-order valence-corrected chi connectivity index (χ0v) is 16.3. The highest BCUT2D eigenvalue weighted by Gasteiger charge is 2.23. The van der Waals surface area contributed by atoms with Gasteiger partial charge < -0.3 is 14.7 Å². The van der Waals surface area contributed by atoms with Gasteiger partial charge in [-0.25, -0.2) is 9.18 Å². The third-order valence-electron chi connectivity index (χ3n) is 5.48. The second kappa shape index (κ2) is 8.09. The highest BCUT2D eigenvalue weighted by molar-refractivity contribution is 6.00. The summed E-state index contributed by atoms with van der Waals surface area (Å²) in [5.74, 6) is -0.799. The van der Waals surface area contributed by atoms with E-state index in [0.29, 0.717) is 6.54 Å². The van der Waals surface area contributed by atoms with E-state index in [1.54, 1.807) is 18.2 Å². The molecule has 0 unspecified atom stereocenters. The molecule has 0 aliphatic carbocycles. The minimum absolute atomic E-state index is 0.0171. The highest BCUT2D eigenvalue weighted by Crippen LogP contribution is 2.33. The Morgan fingerprint density at radius 3 is 2.45 bits per heavy atom. The molecule has 0 spiro atoms. The van der Waals surface area contributed by atoms with E-state index in [2.05, 4.69) is 9.80 Å². The molecule has 1 saturated heterocycles. The number of rotatable bonds is 4. The van der Waals surface area contributed by atoms with Gasteiger partial charge in [0.15, 0.2) is 0 Å². The molecule has 0 saturated carbocycles. The van der Waals surface area contributed by atoms with Gasteiger partial charge in [0.05, 0.1) is 7.11 Å².